The molecule has 1 aliphatic rings. The highest BCUT2D eigenvalue weighted by Crippen LogP contribution is 2.23. The third-order valence-corrected chi connectivity index (χ3v) is 4.81. The van der Waals surface area contributed by atoms with Gasteiger partial charge in [-0.05, 0) is 32.9 Å². The van der Waals surface area contributed by atoms with Crippen LogP contribution in [0.5, 0.6) is 0 Å². The minimum Gasteiger partial charge on any atom is -0.324 e. The minimum atomic E-state index is -0.0511. The normalized spacial score (nSPS) is 16.8. The Kier molecular flexibility index (Phi) is 5.52. The van der Waals surface area contributed by atoms with E-state index in [4.69, 9.17) is 0 Å². The van der Waals surface area contributed by atoms with E-state index in [2.05, 4.69) is 48.4 Å². The van der Waals surface area contributed by atoms with Crippen LogP contribution in [0.1, 0.15) is 37.6 Å². The Morgan fingerprint density at radius 2 is 2.05 bits per heavy atom. The Morgan fingerprint density at radius 1 is 1.38 bits per heavy atom. The molecule has 2 amide bonds. The van der Waals surface area contributed by atoms with Crippen molar-refractivity contribution in [2.45, 2.75) is 32.6 Å². The second-order valence-corrected chi connectivity index (χ2v) is 7.23. The molecule has 1 fully saturated rings. The highest BCUT2D eigenvalue weighted by molar-refractivity contribution is 7.15. The predicted octanol–water partition coefficient (Wildman–Crippen LogP) is 2.47. The fourth-order valence-electron chi connectivity index (χ4n) is 2.52. The molecule has 0 bridgehead atoms. The maximum atomic E-state index is 12.2. The molecule has 118 valence electrons. The van der Waals surface area contributed by atoms with Crippen molar-refractivity contribution < 1.29 is 4.79 Å². The summed E-state index contributed by atoms with van der Waals surface area (Å²) in [6, 6.07) is -0.0511. The lowest BCUT2D eigenvalue weighted by atomic mass is 9.97. The summed E-state index contributed by atoms with van der Waals surface area (Å²) >= 11 is 1.45. The molecule has 0 atom stereocenters. The van der Waals surface area contributed by atoms with Crippen LogP contribution in [-0.2, 0) is 0 Å². The first-order valence-corrected chi connectivity index (χ1v) is 8.31. The molecule has 7 heteroatoms. The number of nitrogens with zero attached hydrogens (tertiary/aromatic N) is 4. The zero-order valence-corrected chi connectivity index (χ0v) is 14.1. The van der Waals surface area contributed by atoms with Crippen molar-refractivity contribution >= 4 is 22.5 Å². The van der Waals surface area contributed by atoms with Gasteiger partial charge < -0.3 is 9.80 Å². The number of rotatable bonds is 4. The van der Waals surface area contributed by atoms with Crippen molar-refractivity contribution in [3.8, 4) is 0 Å². The average molecular weight is 311 g/mol. The third kappa shape index (κ3) is 4.64. The van der Waals surface area contributed by atoms with E-state index in [1.54, 1.807) is 0 Å². The number of piperidine rings is 1. The molecule has 2 rings (SSSR count). The maximum absolute atomic E-state index is 12.2. The lowest BCUT2D eigenvalue weighted by molar-refractivity contribution is 0.170. The topological polar surface area (TPSA) is 61.4 Å². The Balaban J connectivity index is 1.81. The van der Waals surface area contributed by atoms with Gasteiger partial charge in [-0.1, -0.05) is 25.2 Å². The van der Waals surface area contributed by atoms with Gasteiger partial charge in [-0.2, -0.15) is 0 Å². The zero-order chi connectivity index (χ0) is 15.4. The summed E-state index contributed by atoms with van der Waals surface area (Å²) in [6.07, 6.45) is 2.14. The number of aromatic nitrogens is 2. The first kappa shape index (κ1) is 16.2. The molecular formula is C14H25N5OS. The summed E-state index contributed by atoms with van der Waals surface area (Å²) < 4.78 is 0. The first-order valence-electron chi connectivity index (χ1n) is 7.49. The SMILES string of the molecule is CC(C)c1nnc(NC(=O)N2CCC(CN(C)C)CC2)s1. The van der Waals surface area contributed by atoms with Crippen LogP contribution in [0.25, 0.3) is 0 Å². The Hall–Kier alpha value is -1.21. The van der Waals surface area contributed by atoms with Crippen molar-refractivity contribution in [1.82, 2.24) is 20.0 Å². The Labute approximate surface area is 130 Å². The van der Waals surface area contributed by atoms with Crippen molar-refractivity contribution in [3.63, 3.8) is 0 Å². The summed E-state index contributed by atoms with van der Waals surface area (Å²) in [7, 11) is 4.20. The van der Waals surface area contributed by atoms with E-state index in [1.807, 2.05) is 4.90 Å². The van der Waals surface area contributed by atoms with E-state index >= 15 is 0 Å². The average Bonchev–Trinajstić information content (AvgIpc) is 2.87. The molecular weight excluding hydrogens is 286 g/mol. The number of carbonyl (C=O) groups excluding carboxylic acids is 1. The zero-order valence-electron chi connectivity index (χ0n) is 13.3. The van der Waals surface area contributed by atoms with E-state index in [0.717, 1.165) is 37.5 Å². The molecule has 0 saturated carbocycles. The van der Waals surface area contributed by atoms with Gasteiger partial charge in [0.1, 0.15) is 5.01 Å². The Morgan fingerprint density at radius 3 is 2.57 bits per heavy atom. The number of nitrogens with one attached hydrogen (secondary N) is 1. The first-order chi connectivity index (χ1) is 9.95. The largest absolute Gasteiger partial charge is 0.324 e. The maximum Gasteiger partial charge on any atom is 0.323 e. The third-order valence-electron chi connectivity index (χ3n) is 3.67. The molecule has 21 heavy (non-hydrogen) atoms. The van der Waals surface area contributed by atoms with Crippen LogP contribution in [-0.4, -0.2) is 59.8 Å². The van der Waals surface area contributed by atoms with Crippen LogP contribution in [0, 0.1) is 5.92 Å². The highest BCUT2D eigenvalue weighted by Gasteiger charge is 2.23. The summed E-state index contributed by atoms with van der Waals surface area (Å²) in [5.74, 6) is 1.04. The lowest BCUT2D eigenvalue weighted by Gasteiger charge is -2.32. The van der Waals surface area contributed by atoms with Crippen molar-refractivity contribution in [2.24, 2.45) is 5.92 Å². The van der Waals surface area contributed by atoms with Crippen molar-refractivity contribution in [3.05, 3.63) is 5.01 Å². The molecule has 0 aliphatic carbocycles. The van der Waals surface area contributed by atoms with Gasteiger partial charge in [-0.25, -0.2) is 4.79 Å². The highest BCUT2D eigenvalue weighted by atomic mass is 32.1. The molecule has 0 radical (unpaired) electrons. The van der Waals surface area contributed by atoms with Crippen LogP contribution in [0.4, 0.5) is 9.93 Å². The second-order valence-electron chi connectivity index (χ2n) is 6.22. The number of anilines is 1. The molecule has 1 N–H and O–H groups in total. The molecule has 6 nitrogen and oxygen atoms in total. The van der Waals surface area contributed by atoms with E-state index in [9.17, 15) is 4.79 Å². The molecule has 1 aliphatic heterocycles. The number of carbonyl (C=O) groups is 1. The molecule has 1 aromatic rings. The molecule has 0 aromatic carbocycles. The van der Waals surface area contributed by atoms with Crippen molar-refractivity contribution in [1.29, 1.82) is 0 Å². The van der Waals surface area contributed by atoms with Crippen LogP contribution >= 0.6 is 11.3 Å². The quantitative estimate of drug-likeness (QED) is 0.928. The van der Waals surface area contributed by atoms with E-state index in [0.29, 0.717) is 17.0 Å². The van der Waals surface area contributed by atoms with Crippen molar-refractivity contribution in [2.75, 3.05) is 39.0 Å². The Bertz CT molecular complexity index is 466. The fraction of sp³-hybridized carbons (Fsp3) is 0.786. The van der Waals surface area contributed by atoms with Gasteiger partial charge >= 0.3 is 6.03 Å². The number of hydrogen-bond acceptors (Lipinski definition) is 5. The summed E-state index contributed by atoms with van der Waals surface area (Å²) in [5, 5.41) is 12.5. The second kappa shape index (κ2) is 7.17. The summed E-state index contributed by atoms with van der Waals surface area (Å²) in [5.41, 5.74) is 0. The predicted molar refractivity (Wildman–Crippen MR) is 85.9 cm³/mol. The molecule has 1 aromatic heterocycles. The smallest absolute Gasteiger partial charge is 0.323 e. The monoisotopic (exact) mass is 311 g/mol. The van der Waals surface area contributed by atoms with E-state index in [-0.39, 0.29) is 6.03 Å². The fourth-order valence-corrected chi connectivity index (χ4v) is 3.26. The molecule has 0 unspecified atom stereocenters. The standard InChI is InChI=1S/C14H25N5OS/c1-10(2)12-16-17-13(21-12)15-14(20)19-7-5-11(6-8-19)9-18(3)4/h10-11H,5-9H2,1-4H3,(H,15,17,20). The van der Waals surface area contributed by atoms with Gasteiger partial charge in [0.05, 0.1) is 0 Å². The van der Waals surface area contributed by atoms with Crippen LogP contribution in [0.15, 0.2) is 0 Å². The minimum absolute atomic E-state index is 0.0511. The summed E-state index contributed by atoms with van der Waals surface area (Å²) in [6.45, 7) is 6.88. The van der Waals surface area contributed by atoms with E-state index in [1.165, 1.54) is 11.3 Å². The van der Waals surface area contributed by atoms with Gasteiger partial charge in [0.25, 0.3) is 0 Å². The van der Waals surface area contributed by atoms with Crippen LogP contribution in [0.3, 0.4) is 0 Å². The number of urea groups is 1. The van der Waals surface area contributed by atoms with Crippen LogP contribution < -0.4 is 5.32 Å². The number of likely N-dealkylation sites (tertiary alicyclic amines) is 1. The van der Waals surface area contributed by atoms with Gasteiger partial charge in [0.2, 0.25) is 5.13 Å². The van der Waals surface area contributed by atoms with Gasteiger partial charge in [-0.3, -0.25) is 5.32 Å². The van der Waals surface area contributed by atoms with Crippen LogP contribution in [0.2, 0.25) is 0 Å². The van der Waals surface area contributed by atoms with E-state index < -0.39 is 0 Å². The number of hydrogen-bond donors (Lipinski definition) is 1. The van der Waals surface area contributed by atoms with Gasteiger partial charge in [0, 0.05) is 25.6 Å². The molecule has 2 heterocycles. The van der Waals surface area contributed by atoms with Gasteiger partial charge in [-0.15, -0.1) is 10.2 Å². The molecule has 1 saturated heterocycles. The van der Waals surface area contributed by atoms with Gasteiger partial charge in [0.15, 0.2) is 0 Å². The lowest BCUT2D eigenvalue weighted by Crippen LogP contribution is -2.42. The summed E-state index contributed by atoms with van der Waals surface area (Å²) in [4.78, 5) is 16.3. The molecule has 0 spiro atoms. The number of amides is 2.